The topological polar surface area (TPSA) is 75.4 Å². The quantitative estimate of drug-likeness (QED) is 0.806. The van der Waals surface area contributed by atoms with Crippen LogP contribution < -0.4 is 11.1 Å². The molecule has 5 nitrogen and oxygen atoms in total. The average Bonchev–Trinajstić information content (AvgIpc) is 2.36. The zero-order chi connectivity index (χ0) is 14.0. The van der Waals surface area contributed by atoms with E-state index < -0.39 is 0 Å². The fourth-order valence-electron chi connectivity index (χ4n) is 2.29. The summed E-state index contributed by atoms with van der Waals surface area (Å²) < 4.78 is 0.948. The van der Waals surface area contributed by atoms with Crippen molar-refractivity contribution in [2.75, 3.05) is 13.1 Å². The third-order valence-corrected chi connectivity index (χ3v) is 3.82. The SMILES string of the molecule is CC1C(=O)NC(=O)CN1C(CN)c1cccc(Br)c1. The second-order valence-corrected chi connectivity index (χ2v) is 5.48. The van der Waals surface area contributed by atoms with Crippen LogP contribution in [-0.4, -0.2) is 35.8 Å². The number of hydrogen-bond acceptors (Lipinski definition) is 4. The van der Waals surface area contributed by atoms with Crippen LogP contribution in [0.1, 0.15) is 18.5 Å². The highest BCUT2D eigenvalue weighted by Gasteiger charge is 2.34. The Hall–Kier alpha value is -1.24. The highest BCUT2D eigenvalue weighted by atomic mass is 79.9. The molecule has 0 bridgehead atoms. The molecule has 1 aliphatic heterocycles. The van der Waals surface area contributed by atoms with Crippen LogP contribution in [0.3, 0.4) is 0 Å². The van der Waals surface area contributed by atoms with Gasteiger partial charge in [0.1, 0.15) is 0 Å². The Balaban J connectivity index is 2.30. The normalized spacial score (nSPS) is 22.2. The molecule has 0 spiro atoms. The Morgan fingerprint density at radius 2 is 2.26 bits per heavy atom. The molecule has 0 radical (unpaired) electrons. The van der Waals surface area contributed by atoms with Gasteiger partial charge in [-0.2, -0.15) is 0 Å². The number of nitrogens with zero attached hydrogens (tertiary/aromatic N) is 1. The summed E-state index contributed by atoms with van der Waals surface area (Å²) in [5.41, 5.74) is 6.83. The predicted octanol–water partition coefficient (Wildman–Crippen LogP) is 0.796. The minimum Gasteiger partial charge on any atom is -0.329 e. The van der Waals surface area contributed by atoms with Gasteiger partial charge in [-0.15, -0.1) is 0 Å². The second-order valence-electron chi connectivity index (χ2n) is 4.57. The second kappa shape index (κ2) is 5.81. The molecule has 0 saturated carbocycles. The maximum atomic E-state index is 11.7. The number of amides is 2. The van der Waals surface area contributed by atoms with Crippen LogP contribution in [0.4, 0.5) is 0 Å². The van der Waals surface area contributed by atoms with Crippen molar-refractivity contribution in [1.82, 2.24) is 10.2 Å². The molecule has 3 N–H and O–H groups in total. The van der Waals surface area contributed by atoms with E-state index in [2.05, 4.69) is 21.2 Å². The van der Waals surface area contributed by atoms with Crippen LogP contribution in [0, 0.1) is 0 Å². The van der Waals surface area contributed by atoms with Crippen molar-refractivity contribution >= 4 is 27.7 Å². The van der Waals surface area contributed by atoms with E-state index in [1.807, 2.05) is 29.2 Å². The van der Waals surface area contributed by atoms with Gasteiger partial charge in [-0.25, -0.2) is 0 Å². The van der Waals surface area contributed by atoms with Crippen LogP contribution >= 0.6 is 15.9 Å². The van der Waals surface area contributed by atoms with Gasteiger partial charge in [-0.3, -0.25) is 19.8 Å². The lowest BCUT2D eigenvalue weighted by molar-refractivity contribution is -0.140. The highest BCUT2D eigenvalue weighted by molar-refractivity contribution is 9.10. The standard InChI is InChI=1S/C13H16BrN3O2/c1-8-13(19)16-12(18)7-17(8)11(6-15)9-3-2-4-10(14)5-9/h2-5,8,11H,6-7,15H2,1H3,(H,16,18,19). The maximum absolute atomic E-state index is 11.7. The first kappa shape index (κ1) is 14.2. The van der Waals surface area contributed by atoms with Gasteiger partial charge in [0.15, 0.2) is 0 Å². The molecule has 1 heterocycles. The zero-order valence-corrected chi connectivity index (χ0v) is 12.2. The molecule has 1 fully saturated rings. The van der Waals surface area contributed by atoms with E-state index in [9.17, 15) is 9.59 Å². The lowest BCUT2D eigenvalue weighted by atomic mass is 10.0. The molecule has 1 aromatic rings. The number of benzene rings is 1. The summed E-state index contributed by atoms with van der Waals surface area (Å²) in [6.07, 6.45) is 0. The van der Waals surface area contributed by atoms with Crippen molar-refractivity contribution in [2.45, 2.75) is 19.0 Å². The van der Waals surface area contributed by atoms with Gasteiger partial charge in [-0.05, 0) is 24.6 Å². The molecule has 2 amide bonds. The summed E-state index contributed by atoms with van der Waals surface area (Å²) in [5, 5.41) is 2.33. The van der Waals surface area contributed by atoms with E-state index in [4.69, 9.17) is 5.73 Å². The Labute approximate surface area is 120 Å². The number of nitrogens with one attached hydrogen (secondary N) is 1. The molecular weight excluding hydrogens is 310 g/mol. The molecule has 102 valence electrons. The first-order chi connectivity index (χ1) is 9.02. The van der Waals surface area contributed by atoms with Crippen molar-refractivity contribution in [3.05, 3.63) is 34.3 Å². The fourth-order valence-corrected chi connectivity index (χ4v) is 2.71. The summed E-state index contributed by atoms with van der Waals surface area (Å²) in [7, 11) is 0. The Morgan fingerprint density at radius 3 is 2.89 bits per heavy atom. The van der Waals surface area contributed by atoms with E-state index in [0.717, 1.165) is 10.0 Å². The molecule has 1 aliphatic rings. The average molecular weight is 326 g/mol. The van der Waals surface area contributed by atoms with Crippen molar-refractivity contribution in [3.8, 4) is 0 Å². The van der Waals surface area contributed by atoms with Gasteiger partial charge < -0.3 is 5.73 Å². The van der Waals surface area contributed by atoms with Gasteiger partial charge in [-0.1, -0.05) is 28.1 Å². The van der Waals surface area contributed by atoms with E-state index >= 15 is 0 Å². The fraction of sp³-hybridized carbons (Fsp3) is 0.385. The monoisotopic (exact) mass is 325 g/mol. The minimum absolute atomic E-state index is 0.150. The van der Waals surface area contributed by atoms with Crippen LogP contribution in [-0.2, 0) is 9.59 Å². The Kier molecular flexibility index (Phi) is 4.34. The third kappa shape index (κ3) is 3.02. The third-order valence-electron chi connectivity index (χ3n) is 3.32. The van der Waals surface area contributed by atoms with Gasteiger partial charge in [0.25, 0.3) is 0 Å². The molecule has 1 aromatic carbocycles. The number of hydrogen-bond donors (Lipinski definition) is 2. The lowest BCUT2D eigenvalue weighted by Crippen LogP contribution is -2.58. The van der Waals surface area contributed by atoms with Gasteiger partial charge in [0.05, 0.1) is 12.6 Å². The van der Waals surface area contributed by atoms with Crippen LogP contribution in [0.2, 0.25) is 0 Å². The molecule has 2 atom stereocenters. The maximum Gasteiger partial charge on any atom is 0.243 e. The number of carbonyl (C=O) groups excluding carboxylic acids is 2. The van der Waals surface area contributed by atoms with E-state index in [1.165, 1.54) is 0 Å². The molecule has 6 heteroatoms. The summed E-state index contributed by atoms with van der Waals surface area (Å²) in [5.74, 6) is -0.554. The number of carbonyl (C=O) groups is 2. The number of rotatable bonds is 3. The Morgan fingerprint density at radius 1 is 1.53 bits per heavy atom. The zero-order valence-electron chi connectivity index (χ0n) is 10.6. The number of piperazine rings is 1. The molecule has 1 saturated heterocycles. The van der Waals surface area contributed by atoms with Crippen molar-refractivity contribution in [1.29, 1.82) is 0 Å². The number of halogens is 1. The molecule has 0 aliphatic carbocycles. The van der Waals surface area contributed by atoms with Crippen molar-refractivity contribution in [3.63, 3.8) is 0 Å². The first-order valence-corrected chi connectivity index (χ1v) is 6.87. The van der Waals surface area contributed by atoms with Crippen LogP contribution in [0.25, 0.3) is 0 Å². The molecule has 19 heavy (non-hydrogen) atoms. The summed E-state index contributed by atoms with van der Waals surface area (Å²) in [4.78, 5) is 25.1. The van der Waals surface area contributed by atoms with Crippen molar-refractivity contribution in [2.24, 2.45) is 5.73 Å². The van der Waals surface area contributed by atoms with Gasteiger partial charge in [0, 0.05) is 17.1 Å². The predicted molar refractivity (Wildman–Crippen MR) is 75.3 cm³/mol. The van der Waals surface area contributed by atoms with E-state index in [1.54, 1.807) is 6.92 Å². The first-order valence-electron chi connectivity index (χ1n) is 6.08. The molecule has 0 aromatic heterocycles. The summed E-state index contributed by atoms with van der Waals surface area (Å²) in [6, 6.07) is 7.23. The Bertz CT molecular complexity index is 506. The van der Waals surface area contributed by atoms with Crippen LogP contribution in [0.15, 0.2) is 28.7 Å². The van der Waals surface area contributed by atoms with E-state index in [0.29, 0.717) is 6.54 Å². The van der Waals surface area contributed by atoms with Gasteiger partial charge >= 0.3 is 0 Å². The van der Waals surface area contributed by atoms with E-state index in [-0.39, 0.29) is 30.4 Å². The number of nitrogens with two attached hydrogens (primary N) is 1. The van der Waals surface area contributed by atoms with Crippen LogP contribution in [0.5, 0.6) is 0 Å². The molecular formula is C13H16BrN3O2. The molecule has 2 rings (SSSR count). The molecule has 2 unspecified atom stereocenters. The lowest BCUT2D eigenvalue weighted by Gasteiger charge is -2.37. The smallest absolute Gasteiger partial charge is 0.243 e. The highest BCUT2D eigenvalue weighted by Crippen LogP contribution is 2.25. The minimum atomic E-state index is -0.370. The van der Waals surface area contributed by atoms with Gasteiger partial charge in [0.2, 0.25) is 11.8 Å². The summed E-state index contributed by atoms with van der Waals surface area (Å²) >= 11 is 3.42. The summed E-state index contributed by atoms with van der Waals surface area (Å²) in [6.45, 7) is 2.31. The number of imide groups is 1. The largest absolute Gasteiger partial charge is 0.329 e. The van der Waals surface area contributed by atoms with Crippen molar-refractivity contribution < 1.29 is 9.59 Å².